The van der Waals surface area contributed by atoms with Gasteiger partial charge in [0, 0.05) is 25.4 Å². The lowest BCUT2D eigenvalue weighted by atomic mass is 9.95. The predicted octanol–water partition coefficient (Wildman–Crippen LogP) is 2.07. The second-order valence-electron chi connectivity index (χ2n) is 5.02. The molecule has 0 saturated carbocycles. The second-order valence-corrected chi connectivity index (χ2v) is 5.02. The number of imidazole rings is 1. The molecule has 0 aromatic carbocycles. The van der Waals surface area contributed by atoms with Gasteiger partial charge in [0.1, 0.15) is 11.4 Å². The van der Waals surface area contributed by atoms with Crippen molar-refractivity contribution in [3.8, 4) is 0 Å². The van der Waals surface area contributed by atoms with E-state index in [4.69, 9.17) is 0 Å². The van der Waals surface area contributed by atoms with E-state index in [1.165, 1.54) is 0 Å². The van der Waals surface area contributed by atoms with Crippen LogP contribution in [0.1, 0.15) is 45.9 Å². The van der Waals surface area contributed by atoms with Gasteiger partial charge in [-0.15, -0.1) is 0 Å². The van der Waals surface area contributed by atoms with E-state index in [9.17, 15) is 9.90 Å². The molecule has 108 valence electrons. The molecule has 5 nitrogen and oxygen atoms in total. The molecule has 0 amide bonds. The third kappa shape index (κ3) is 4.35. The summed E-state index contributed by atoms with van der Waals surface area (Å²) in [5, 5.41) is 12.3. The molecule has 1 atom stereocenters. The fraction of sp³-hybridized carbons (Fsp3) is 0.714. The Morgan fingerprint density at radius 1 is 1.47 bits per heavy atom. The van der Waals surface area contributed by atoms with Gasteiger partial charge in [0.15, 0.2) is 0 Å². The lowest BCUT2D eigenvalue weighted by Crippen LogP contribution is -2.49. The minimum Gasteiger partial charge on any atom is -0.480 e. The lowest BCUT2D eigenvalue weighted by molar-refractivity contribution is -0.144. The molecule has 0 spiro atoms. The van der Waals surface area contributed by atoms with Crippen molar-refractivity contribution in [3.05, 3.63) is 18.2 Å². The number of unbranched alkanes of at least 4 members (excludes halogenated alkanes) is 1. The maximum atomic E-state index is 11.3. The average molecular weight is 267 g/mol. The maximum Gasteiger partial charge on any atom is 0.323 e. The third-order valence-electron chi connectivity index (χ3n) is 3.48. The van der Waals surface area contributed by atoms with Gasteiger partial charge in [-0.1, -0.05) is 13.8 Å². The third-order valence-corrected chi connectivity index (χ3v) is 3.48. The molecular weight excluding hydrogens is 242 g/mol. The zero-order valence-corrected chi connectivity index (χ0v) is 12.1. The SMILES string of the molecule is CCNC(C)(CCCCn1ccnc1CC)C(=O)O. The van der Waals surface area contributed by atoms with Crippen LogP contribution in [0.4, 0.5) is 0 Å². The van der Waals surface area contributed by atoms with Crippen LogP contribution in [0.5, 0.6) is 0 Å². The summed E-state index contributed by atoms with van der Waals surface area (Å²) in [5.41, 5.74) is -0.808. The molecule has 2 N–H and O–H groups in total. The maximum absolute atomic E-state index is 11.3. The quantitative estimate of drug-likeness (QED) is 0.672. The molecule has 0 bridgehead atoms. The van der Waals surface area contributed by atoms with Crippen LogP contribution in [-0.4, -0.2) is 32.7 Å². The van der Waals surface area contributed by atoms with Gasteiger partial charge in [-0.3, -0.25) is 4.79 Å². The Labute approximate surface area is 115 Å². The number of carboxylic acid groups (broad SMARTS) is 1. The van der Waals surface area contributed by atoms with Crippen molar-refractivity contribution >= 4 is 5.97 Å². The van der Waals surface area contributed by atoms with Crippen LogP contribution in [0.2, 0.25) is 0 Å². The zero-order chi connectivity index (χ0) is 14.3. The van der Waals surface area contributed by atoms with Crippen molar-refractivity contribution in [3.63, 3.8) is 0 Å². The number of likely N-dealkylation sites (N-methyl/N-ethyl adjacent to an activating group) is 1. The van der Waals surface area contributed by atoms with Crippen LogP contribution in [0.25, 0.3) is 0 Å². The number of carboxylic acids is 1. The largest absolute Gasteiger partial charge is 0.480 e. The van der Waals surface area contributed by atoms with Crippen LogP contribution in [0.3, 0.4) is 0 Å². The molecule has 0 radical (unpaired) electrons. The summed E-state index contributed by atoms with van der Waals surface area (Å²) in [4.78, 5) is 15.5. The van der Waals surface area contributed by atoms with Gasteiger partial charge in [0.2, 0.25) is 0 Å². The first-order chi connectivity index (χ1) is 9.03. The molecule has 5 heteroatoms. The summed E-state index contributed by atoms with van der Waals surface area (Å²) >= 11 is 0. The number of carbonyl (C=O) groups is 1. The highest BCUT2D eigenvalue weighted by Gasteiger charge is 2.30. The van der Waals surface area contributed by atoms with E-state index in [-0.39, 0.29) is 0 Å². The van der Waals surface area contributed by atoms with Gasteiger partial charge in [-0.25, -0.2) is 4.98 Å². The summed E-state index contributed by atoms with van der Waals surface area (Å²) in [6, 6.07) is 0. The summed E-state index contributed by atoms with van der Waals surface area (Å²) in [6.45, 7) is 7.36. The normalized spacial score (nSPS) is 14.3. The monoisotopic (exact) mass is 267 g/mol. The number of hydrogen-bond donors (Lipinski definition) is 2. The van der Waals surface area contributed by atoms with Crippen molar-refractivity contribution in [2.45, 2.75) is 58.5 Å². The number of aromatic nitrogens is 2. The standard InChI is InChI=1S/C14H25N3O2/c1-4-12-15-9-11-17(12)10-7-6-8-14(3,13(18)19)16-5-2/h9,11,16H,4-8,10H2,1-3H3,(H,18,19). The Bertz CT molecular complexity index is 403. The lowest BCUT2D eigenvalue weighted by Gasteiger charge is -2.25. The topological polar surface area (TPSA) is 67.2 Å². The molecule has 0 aliphatic heterocycles. The van der Waals surface area contributed by atoms with E-state index in [0.29, 0.717) is 13.0 Å². The molecule has 19 heavy (non-hydrogen) atoms. The minimum atomic E-state index is -0.808. The number of nitrogens with zero attached hydrogens (tertiary/aromatic N) is 2. The van der Waals surface area contributed by atoms with Crippen molar-refractivity contribution in [2.75, 3.05) is 6.54 Å². The first-order valence-corrected chi connectivity index (χ1v) is 7.02. The molecule has 0 fully saturated rings. The number of nitrogens with one attached hydrogen (secondary N) is 1. The van der Waals surface area contributed by atoms with E-state index < -0.39 is 11.5 Å². The van der Waals surface area contributed by atoms with Crippen LogP contribution >= 0.6 is 0 Å². The van der Waals surface area contributed by atoms with E-state index in [0.717, 1.165) is 31.6 Å². The van der Waals surface area contributed by atoms with Gasteiger partial charge in [0.05, 0.1) is 0 Å². The fourth-order valence-electron chi connectivity index (χ4n) is 2.28. The van der Waals surface area contributed by atoms with Crippen molar-refractivity contribution in [2.24, 2.45) is 0 Å². The molecule has 1 aromatic rings. The van der Waals surface area contributed by atoms with Crippen LogP contribution in [0, 0.1) is 0 Å². The van der Waals surface area contributed by atoms with E-state index in [2.05, 4.69) is 21.8 Å². The highest BCUT2D eigenvalue weighted by Crippen LogP contribution is 2.15. The Morgan fingerprint density at radius 3 is 2.79 bits per heavy atom. The number of aryl methyl sites for hydroxylation is 2. The van der Waals surface area contributed by atoms with Gasteiger partial charge < -0.3 is 15.0 Å². The minimum absolute atomic E-state index is 0.645. The van der Waals surface area contributed by atoms with Gasteiger partial charge in [-0.05, 0) is 32.7 Å². The van der Waals surface area contributed by atoms with Gasteiger partial charge in [-0.2, -0.15) is 0 Å². The Morgan fingerprint density at radius 2 is 2.21 bits per heavy atom. The number of hydrogen-bond acceptors (Lipinski definition) is 3. The Hall–Kier alpha value is -1.36. The fourth-order valence-corrected chi connectivity index (χ4v) is 2.28. The summed E-state index contributed by atoms with van der Waals surface area (Å²) < 4.78 is 2.14. The molecule has 0 saturated heterocycles. The molecule has 1 heterocycles. The van der Waals surface area contributed by atoms with Crippen LogP contribution in [0.15, 0.2) is 12.4 Å². The van der Waals surface area contributed by atoms with Crippen LogP contribution in [-0.2, 0) is 17.8 Å². The summed E-state index contributed by atoms with van der Waals surface area (Å²) in [6.07, 6.45) is 7.23. The molecule has 0 aliphatic rings. The number of aliphatic carboxylic acids is 1. The predicted molar refractivity (Wildman–Crippen MR) is 75.2 cm³/mol. The number of rotatable bonds is 9. The van der Waals surface area contributed by atoms with Gasteiger partial charge >= 0.3 is 5.97 Å². The average Bonchev–Trinajstić information content (AvgIpc) is 2.82. The highest BCUT2D eigenvalue weighted by atomic mass is 16.4. The van der Waals surface area contributed by atoms with Gasteiger partial charge in [0.25, 0.3) is 0 Å². The van der Waals surface area contributed by atoms with Crippen molar-refractivity contribution in [1.29, 1.82) is 0 Å². The van der Waals surface area contributed by atoms with E-state index in [1.807, 2.05) is 19.3 Å². The van der Waals surface area contributed by atoms with Crippen LogP contribution < -0.4 is 5.32 Å². The Balaban J connectivity index is 2.39. The first-order valence-electron chi connectivity index (χ1n) is 7.02. The smallest absolute Gasteiger partial charge is 0.323 e. The van der Waals surface area contributed by atoms with E-state index in [1.54, 1.807) is 6.92 Å². The summed E-state index contributed by atoms with van der Waals surface area (Å²) in [5.74, 6) is 0.318. The molecule has 0 aliphatic carbocycles. The first kappa shape index (κ1) is 15.7. The van der Waals surface area contributed by atoms with E-state index >= 15 is 0 Å². The molecule has 1 rings (SSSR count). The molecular formula is C14H25N3O2. The van der Waals surface area contributed by atoms with Crippen molar-refractivity contribution < 1.29 is 9.90 Å². The molecule has 1 aromatic heterocycles. The highest BCUT2D eigenvalue weighted by molar-refractivity contribution is 5.78. The zero-order valence-electron chi connectivity index (χ0n) is 12.1. The molecule has 1 unspecified atom stereocenters. The Kier molecular flexibility index (Phi) is 6.02. The second kappa shape index (κ2) is 7.28. The summed E-state index contributed by atoms with van der Waals surface area (Å²) in [7, 11) is 0. The van der Waals surface area contributed by atoms with Crippen molar-refractivity contribution in [1.82, 2.24) is 14.9 Å².